The van der Waals surface area contributed by atoms with Crippen molar-refractivity contribution < 1.29 is 38.5 Å². The van der Waals surface area contributed by atoms with Gasteiger partial charge in [0.15, 0.2) is 11.6 Å². The fraction of sp³-hybridized carbons (Fsp3) is 0.436. The standard InChI is InChI=1S/C55H69N11O8S/c1-36(61-52(69)41-14-10-15-42(27-41)57-31-47-63-64-51(65(47)6)45-21-22-56-34-59-45)40-13-11-16-44(28-40)74-26-9-7-8-23-72-24-12-25-73-33-48(68)62-50(55(3,4)5)54(71)66-32-43(67)29-46(66)53(70)58-30-38-17-19-39(20-18-38)49-37(2)60-35-75-49/h10-11,13-22,27-28,34-36,43,46,50,57,67H,7-9,12,23-26,29-33H2,1-6H3,(H,58,70)(H,61,69)(H,62,68)/t36-,43+,46-,50+/m0/s1. The Morgan fingerprint density at radius 2 is 1.64 bits per heavy atom. The van der Waals surface area contributed by atoms with Crippen LogP contribution in [0, 0.1) is 12.3 Å². The number of aliphatic hydroxyl groups is 1. The molecule has 0 saturated carbocycles. The maximum absolute atomic E-state index is 14.0. The van der Waals surface area contributed by atoms with Gasteiger partial charge in [0.1, 0.15) is 36.5 Å². The monoisotopic (exact) mass is 1040 g/mol. The van der Waals surface area contributed by atoms with Gasteiger partial charge in [0, 0.05) is 63.8 Å². The van der Waals surface area contributed by atoms with E-state index in [-0.39, 0.29) is 44.0 Å². The van der Waals surface area contributed by atoms with Crippen LogP contribution in [0.4, 0.5) is 5.69 Å². The summed E-state index contributed by atoms with van der Waals surface area (Å²) >= 11 is 1.57. The second kappa shape index (κ2) is 26.9. The van der Waals surface area contributed by atoms with Gasteiger partial charge < -0.3 is 50.1 Å². The first-order valence-corrected chi connectivity index (χ1v) is 26.2. The van der Waals surface area contributed by atoms with Crippen LogP contribution in [0.3, 0.4) is 0 Å². The van der Waals surface area contributed by atoms with Gasteiger partial charge in [-0.2, -0.15) is 0 Å². The molecule has 75 heavy (non-hydrogen) atoms. The summed E-state index contributed by atoms with van der Waals surface area (Å²) in [5, 5.41) is 31.3. The Labute approximate surface area is 442 Å². The molecular formula is C55H69N11O8S. The van der Waals surface area contributed by atoms with Crippen LogP contribution in [0.25, 0.3) is 22.0 Å². The molecule has 4 atom stereocenters. The van der Waals surface area contributed by atoms with Gasteiger partial charge in [-0.05, 0) is 98.0 Å². The number of aliphatic hydroxyl groups excluding tert-OH is 1. The number of hydrogen-bond donors (Lipinski definition) is 5. The molecule has 1 aliphatic rings. The molecule has 398 valence electrons. The second-order valence-electron chi connectivity index (χ2n) is 19.7. The molecular weight excluding hydrogens is 975 g/mol. The number of nitrogens with zero attached hydrogens (tertiary/aromatic N) is 7. The molecule has 7 rings (SSSR count). The van der Waals surface area contributed by atoms with Gasteiger partial charge in [-0.1, -0.05) is 63.2 Å². The van der Waals surface area contributed by atoms with E-state index < -0.39 is 35.4 Å². The number of carbonyl (C=O) groups excluding carboxylic acids is 4. The SMILES string of the molecule is Cc1ncsc1-c1ccc(CNC(=O)[C@@H]2C[C@@H](O)CN2C(=O)[C@@H](NC(=O)COCCCOCCCCCOc2cccc([C@H](C)NC(=O)c3cccc(NCc4nnc(-c5ccncn5)n4C)c3)c2)C(C)(C)C)cc1. The number of unbranched alkanes of at least 4 members (excludes halogenated alkanes) is 2. The third kappa shape index (κ3) is 15.9. The predicted molar refractivity (Wildman–Crippen MR) is 285 cm³/mol. The van der Waals surface area contributed by atoms with Gasteiger partial charge in [-0.15, -0.1) is 21.5 Å². The minimum Gasteiger partial charge on any atom is -0.494 e. The molecule has 1 aliphatic heterocycles. The van der Waals surface area contributed by atoms with Gasteiger partial charge in [-0.3, -0.25) is 19.2 Å². The number of thiazole rings is 1. The van der Waals surface area contributed by atoms with Gasteiger partial charge in [0.05, 0.1) is 41.4 Å². The molecule has 0 bridgehead atoms. The first-order chi connectivity index (χ1) is 36.1. The number of ether oxygens (including phenoxy) is 3. The van der Waals surface area contributed by atoms with Crippen molar-refractivity contribution in [2.24, 2.45) is 12.5 Å². The molecule has 0 spiro atoms. The van der Waals surface area contributed by atoms with Gasteiger partial charge in [0.25, 0.3) is 5.91 Å². The molecule has 4 heterocycles. The lowest BCUT2D eigenvalue weighted by Crippen LogP contribution is -2.58. The Kier molecular flexibility index (Phi) is 19.9. The van der Waals surface area contributed by atoms with E-state index in [0.29, 0.717) is 62.3 Å². The zero-order chi connectivity index (χ0) is 53.3. The molecule has 0 radical (unpaired) electrons. The smallest absolute Gasteiger partial charge is 0.251 e. The lowest BCUT2D eigenvalue weighted by atomic mass is 9.85. The molecule has 0 unspecified atom stereocenters. The number of amides is 4. The van der Waals surface area contributed by atoms with Crippen LogP contribution in [-0.2, 0) is 44.0 Å². The average molecular weight is 1040 g/mol. The Balaban J connectivity index is 0.737. The van der Waals surface area contributed by atoms with E-state index in [1.807, 2.05) is 112 Å². The molecule has 5 N–H and O–H groups in total. The molecule has 19 nitrogen and oxygen atoms in total. The molecule has 0 aliphatic carbocycles. The van der Waals surface area contributed by atoms with Crippen molar-refractivity contribution in [2.75, 3.05) is 44.9 Å². The van der Waals surface area contributed by atoms with Crippen molar-refractivity contribution in [2.45, 2.75) is 104 Å². The van der Waals surface area contributed by atoms with Crippen LogP contribution in [-0.4, -0.2) is 121 Å². The van der Waals surface area contributed by atoms with Crippen LogP contribution in [0.1, 0.15) is 98.8 Å². The number of anilines is 1. The summed E-state index contributed by atoms with van der Waals surface area (Å²) < 4.78 is 19.3. The Hall–Kier alpha value is -7.13. The van der Waals surface area contributed by atoms with Crippen LogP contribution in [0.2, 0.25) is 0 Å². The predicted octanol–water partition coefficient (Wildman–Crippen LogP) is 6.59. The molecule has 6 aromatic rings. The largest absolute Gasteiger partial charge is 0.494 e. The average Bonchev–Trinajstić information content (AvgIpc) is 4.14. The summed E-state index contributed by atoms with van der Waals surface area (Å²) in [4.78, 5) is 68.8. The Morgan fingerprint density at radius 3 is 2.40 bits per heavy atom. The van der Waals surface area contributed by atoms with Crippen LogP contribution >= 0.6 is 11.3 Å². The summed E-state index contributed by atoms with van der Waals surface area (Å²) in [6.07, 6.45) is 5.58. The number of carbonyl (C=O) groups is 4. The second-order valence-corrected chi connectivity index (χ2v) is 20.5. The van der Waals surface area contributed by atoms with E-state index in [1.54, 1.807) is 35.7 Å². The normalized spacial score (nSPS) is 15.3. The molecule has 1 fully saturated rings. The van der Waals surface area contributed by atoms with Crippen LogP contribution in [0.15, 0.2) is 96.9 Å². The maximum Gasteiger partial charge on any atom is 0.251 e. The number of hydrogen-bond acceptors (Lipinski definition) is 15. The first-order valence-electron chi connectivity index (χ1n) is 25.4. The van der Waals surface area contributed by atoms with E-state index in [2.05, 4.69) is 46.4 Å². The minimum absolute atomic E-state index is 0.00952. The number of likely N-dealkylation sites (tertiary alicyclic amines) is 1. The number of rotatable bonds is 26. The van der Waals surface area contributed by atoms with Crippen LogP contribution < -0.4 is 26.0 Å². The molecule has 1 saturated heterocycles. The van der Waals surface area contributed by atoms with Crippen molar-refractivity contribution in [3.63, 3.8) is 0 Å². The van der Waals surface area contributed by atoms with Crippen molar-refractivity contribution in [1.29, 1.82) is 0 Å². The van der Waals surface area contributed by atoms with Gasteiger partial charge in [0.2, 0.25) is 17.7 Å². The molecule has 20 heteroatoms. The Morgan fingerprint density at radius 1 is 0.867 bits per heavy atom. The minimum atomic E-state index is -0.950. The summed E-state index contributed by atoms with van der Waals surface area (Å²) in [5.74, 6) is 0.633. The van der Waals surface area contributed by atoms with E-state index in [9.17, 15) is 24.3 Å². The molecule has 3 aromatic heterocycles. The van der Waals surface area contributed by atoms with Crippen molar-refractivity contribution in [3.05, 3.63) is 125 Å². The topological polar surface area (TPSA) is 237 Å². The molecule has 3 aromatic carbocycles. The third-order valence-electron chi connectivity index (χ3n) is 12.8. The highest BCUT2D eigenvalue weighted by Gasteiger charge is 2.44. The van der Waals surface area contributed by atoms with Crippen LogP contribution in [0.5, 0.6) is 5.75 Å². The Bertz CT molecular complexity index is 2820. The number of benzene rings is 3. The first kappa shape index (κ1) is 55.6. The quantitative estimate of drug-likeness (QED) is 0.0361. The summed E-state index contributed by atoms with van der Waals surface area (Å²) in [7, 11) is 1.88. The fourth-order valence-corrected chi connectivity index (χ4v) is 9.35. The van der Waals surface area contributed by atoms with Crippen molar-refractivity contribution in [1.82, 2.24) is 50.6 Å². The zero-order valence-electron chi connectivity index (χ0n) is 43.6. The van der Waals surface area contributed by atoms with Crippen molar-refractivity contribution in [3.8, 4) is 27.7 Å². The van der Waals surface area contributed by atoms with E-state index >= 15 is 0 Å². The van der Waals surface area contributed by atoms with E-state index in [0.717, 1.165) is 58.0 Å². The highest BCUT2D eigenvalue weighted by molar-refractivity contribution is 7.13. The summed E-state index contributed by atoms with van der Waals surface area (Å²) in [6, 6.07) is 22.6. The van der Waals surface area contributed by atoms with Gasteiger partial charge >= 0.3 is 0 Å². The highest BCUT2D eigenvalue weighted by Crippen LogP contribution is 2.29. The van der Waals surface area contributed by atoms with E-state index in [4.69, 9.17) is 14.2 Å². The third-order valence-corrected chi connectivity index (χ3v) is 13.8. The number of nitrogens with one attached hydrogen (secondary N) is 4. The summed E-state index contributed by atoms with van der Waals surface area (Å²) in [6.45, 7) is 11.7. The highest BCUT2D eigenvalue weighted by atomic mass is 32.1. The molecule has 4 amide bonds. The van der Waals surface area contributed by atoms with Gasteiger partial charge in [-0.25, -0.2) is 15.0 Å². The number of aromatic nitrogens is 6. The van der Waals surface area contributed by atoms with E-state index in [1.165, 1.54) is 11.2 Å². The maximum atomic E-state index is 14.0. The fourth-order valence-electron chi connectivity index (χ4n) is 8.54. The lowest BCUT2D eigenvalue weighted by molar-refractivity contribution is -0.144. The summed E-state index contributed by atoms with van der Waals surface area (Å²) in [5.41, 5.74) is 6.93. The number of β-amino-alcohol motifs (C(OH)–C–C–N with tert-alkyl or cyclic N) is 1. The zero-order valence-corrected chi connectivity index (χ0v) is 44.4. The number of aryl methyl sites for hydroxylation is 1. The van der Waals surface area contributed by atoms with Crippen molar-refractivity contribution >= 4 is 40.7 Å². The lowest BCUT2D eigenvalue weighted by Gasteiger charge is -2.35.